The van der Waals surface area contributed by atoms with Gasteiger partial charge in [0.25, 0.3) is 0 Å². The first-order valence-electron chi connectivity index (χ1n) is 5.47. The quantitative estimate of drug-likeness (QED) is 0.853. The minimum atomic E-state index is -1.20. The van der Waals surface area contributed by atoms with Gasteiger partial charge in [-0.25, -0.2) is 9.97 Å². The van der Waals surface area contributed by atoms with Crippen molar-refractivity contribution in [3.63, 3.8) is 0 Å². The van der Waals surface area contributed by atoms with Crippen LogP contribution in [0.5, 0.6) is 0 Å². The number of carbonyl (C=O) groups is 1. The molecule has 2 aromatic rings. The number of aromatic nitrogens is 2. The number of aryl methyl sites for hydroxylation is 1. The van der Waals surface area contributed by atoms with Crippen LogP contribution in [0.15, 0.2) is 36.4 Å². The number of nitrogens with zero attached hydrogens (tertiary/aromatic N) is 2. The second kappa shape index (κ2) is 4.93. The lowest BCUT2D eigenvalue weighted by Crippen LogP contribution is -2.23. The van der Waals surface area contributed by atoms with E-state index in [0.717, 1.165) is 5.56 Å². The summed E-state index contributed by atoms with van der Waals surface area (Å²) in [5.41, 5.74) is 7.80. The van der Waals surface area contributed by atoms with Gasteiger partial charge in [0, 0.05) is 11.3 Å². The summed E-state index contributed by atoms with van der Waals surface area (Å²) in [5.74, 6) is -1.01. The van der Waals surface area contributed by atoms with Crippen LogP contribution in [0.1, 0.15) is 17.6 Å². The molecule has 1 aromatic heterocycles. The van der Waals surface area contributed by atoms with Gasteiger partial charge in [0.15, 0.2) is 11.9 Å². The third-order valence-corrected chi connectivity index (χ3v) is 2.49. The zero-order chi connectivity index (χ0) is 13.1. The summed E-state index contributed by atoms with van der Waals surface area (Å²) >= 11 is 0. The molecule has 3 N–H and O–H groups in total. The number of aliphatic carboxylic acids is 1. The molecule has 1 unspecified atom stereocenters. The normalized spacial score (nSPS) is 12.1. The predicted octanol–water partition coefficient (Wildman–Crippen LogP) is 1.54. The maximum Gasteiger partial charge on any atom is 0.328 e. The topological polar surface area (TPSA) is 89.1 Å². The molecule has 5 nitrogen and oxygen atoms in total. The molecule has 0 aliphatic rings. The summed E-state index contributed by atoms with van der Waals surface area (Å²) in [6.07, 6.45) is 0. The van der Waals surface area contributed by atoms with E-state index < -0.39 is 12.0 Å². The second-order valence-corrected chi connectivity index (χ2v) is 3.93. The Morgan fingerprint density at radius 3 is 2.56 bits per heavy atom. The van der Waals surface area contributed by atoms with Crippen molar-refractivity contribution in [3.05, 3.63) is 47.9 Å². The van der Waals surface area contributed by atoms with Crippen molar-refractivity contribution in [1.82, 2.24) is 9.97 Å². The van der Waals surface area contributed by atoms with E-state index in [2.05, 4.69) is 9.97 Å². The number of hydrogen-bond acceptors (Lipinski definition) is 4. The maximum absolute atomic E-state index is 10.9. The lowest BCUT2D eigenvalue weighted by molar-refractivity contribution is -0.138. The Balaban J connectivity index is 2.48. The number of carboxylic acid groups (broad SMARTS) is 1. The van der Waals surface area contributed by atoms with Gasteiger partial charge in [0.05, 0.1) is 5.69 Å². The summed E-state index contributed by atoms with van der Waals surface area (Å²) in [6, 6.07) is 10.1. The number of hydrogen-bond donors (Lipinski definition) is 2. The molecule has 2 rings (SSSR count). The zero-order valence-corrected chi connectivity index (χ0v) is 9.87. The lowest BCUT2D eigenvalue weighted by Gasteiger charge is -2.08. The van der Waals surface area contributed by atoms with Crippen molar-refractivity contribution < 1.29 is 9.90 Å². The van der Waals surface area contributed by atoms with E-state index in [1.807, 2.05) is 30.3 Å². The summed E-state index contributed by atoms with van der Waals surface area (Å²) in [7, 11) is 0. The van der Waals surface area contributed by atoms with Gasteiger partial charge in [-0.05, 0) is 13.0 Å². The fraction of sp³-hybridized carbons (Fsp3) is 0.154. The van der Waals surface area contributed by atoms with Crippen LogP contribution < -0.4 is 5.73 Å². The van der Waals surface area contributed by atoms with Gasteiger partial charge in [-0.15, -0.1) is 0 Å². The third-order valence-electron chi connectivity index (χ3n) is 2.49. The molecule has 0 bridgehead atoms. The fourth-order valence-corrected chi connectivity index (χ4v) is 1.60. The molecule has 0 fully saturated rings. The first-order chi connectivity index (χ1) is 8.58. The van der Waals surface area contributed by atoms with Crippen molar-refractivity contribution in [3.8, 4) is 11.3 Å². The average Bonchev–Trinajstić information content (AvgIpc) is 2.38. The highest BCUT2D eigenvalue weighted by Gasteiger charge is 2.18. The summed E-state index contributed by atoms with van der Waals surface area (Å²) in [6.45, 7) is 1.78. The number of nitrogens with two attached hydrogens (primary N) is 1. The van der Waals surface area contributed by atoms with Crippen LogP contribution in [-0.4, -0.2) is 21.0 Å². The second-order valence-electron chi connectivity index (χ2n) is 3.93. The molecular weight excluding hydrogens is 230 g/mol. The molecule has 0 amide bonds. The maximum atomic E-state index is 10.9. The van der Waals surface area contributed by atoms with Crippen LogP contribution in [0.2, 0.25) is 0 Å². The Bertz CT molecular complexity index is 570. The molecule has 5 heteroatoms. The van der Waals surface area contributed by atoms with E-state index in [1.54, 1.807) is 13.0 Å². The highest BCUT2D eigenvalue weighted by atomic mass is 16.4. The van der Waals surface area contributed by atoms with Crippen molar-refractivity contribution in [1.29, 1.82) is 0 Å². The molecule has 0 saturated carbocycles. The van der Waals surface area contributed by atoms with E-state index in [9.17, 15) is 4.79 Å². The Labute approximate surface area is 104 Å². The zero-order valence-electron chi connectivity index (χ0n) is 9.87. The standard InChI is InChI=1S/C13H13N3O2/c1-8-7-10(9-5-3-2-4-6-9)16-12(15-8)11(14)13(17)18/h2-7,11H,14H2,1H3,(H,17,18). The molecule has 0 saturated heterocycles. The molecule has 92 valence electrons. The van der Waals surface area contributed by atoms with Crippen LogP contribution in [0.4, 0.5) is 0 Å². The van der Waals surface area contributed by atoms with Gasteiger partial charge >= 0.3 is 5.97 Å². The number of benzene rings is 1. The average molecular weight is 243 g/mol. The van der Waals surface area contributed by atoms with Crippen molar-refractivity contribution in [2.45, 2.75) is 13.0 Å². The first-order valence-corrected chi connectivity index (χ1v) is 5.47. The molecule has 1 heterocycles. The van der Waals surface area contributed by atoms with E-state index in [1.165, 1.54) is 0 Å². The smallest absolute Gasteiger partial charge is 0.328 e. The van der Waals surface area contributed by atoms with Gasteiger partial charge in [-0.2, -0.15) is 0 Å². The highest BCUT2D eigenvalue weighted by molar-refractivity contribution is 5.74. The summed E-state index contributed by atoms with van der Waals surface area (Å²) in [4.78, 5) is 19.1. The largest absolute Gasteiger partial charge is 0.480 e. The fourth-order valence-electron chi connectivity index (χ4n) is 1.60. The minimum absolute atomic E-state index is 0.126. The van der Waals surface area contributed by atoms with E-state index in [-0.39, 0.29) is 5.82 Å². The number of carboxylic acids is 1. The lowest BCUT2D eigenvalue weighted by atomic mass is 10.1. The van der Waals surface area contributed by atoms with E-state index in [0.29, 0.717) is 11.4 Å². The number of rotatable bonds is 3. The predicted molar refractivity (Wildman–Crippen MR) is 66.8 cm³/mol. The van der Waals surface area contributed by atoms with Gasteiger partial charge < -0.3 is 10.8 Å². The molecule has 1 aromatic carbocycles. The Kier molecular flexibility index (Phi) is 3.34. The van der Waals surface area contributed by atoms with Crippen molar-refractivity contribution in [2.24, 2.45) is 5.73 Å². The van der Waals surface area contributed by atoms with Crippen LogP contribution in [0.3, 0.4) is 0 Å². The third kappa shape index (κ3) is 2.52. The summed E-state index contributed by atoms with van der Waals surface area (Å²) in [5, 5.41) is 8.88. The van der Waals surface area contributed by atoms with Crippen molar-refractivity contribution in [2.75, 3.05) is 0 Å². The van der Waals surface area contributed by atoms with Gasteiger partial charge in [-0.3, -0.25) is 4.79 Å². The summed E-state index contributed by atoms with van der Waals surface area (Å²) < 4.78 is 0. The molecule has 1 atom stereocenters. The Hall–Kier alpha value is -2.27. The van der Waals surface area contributed by atoms with Gasteiger partial charge in [-0.1, -0.05) is 30.3 Å². The van der Waals surface area contributed by atoms with E-state index in [4.69, 9.17) is 10.8 Å². The Morgan fingerprint density at radius 1 is 1.28 bits per heavy atom. The Morgan fingerprint density at radius 2 is 1.94 bits per heavy atom. The van der Waals surface area contributed by atoms with Crippen LogP contribution in [-0.2, 0) is 4.79 Å². The van der Waals surface area contributed by atoms with Crippen LogP contribution in [0.25, 0.3) is 11.3 Å². The molecule has 18 heavy (non-hydrogen) atoms. The van der Waals surface area contributed by atoms with E-state index >= 15 is 0 Å². The minimum Gasteiger partial charge on any atom is -0.480 e. The SMILES string of the molecule is Cc1cc(-c2ccccc2)nc(C(N)C(=O)O)n1. The van der Waals surface area contributed by atoms with Gasteiger partial charge in [0.1, 0.15) is 0 Å². The monoisotopic (exact) mass is 243 g/mol. The van der Waals surface area contributed by atoms with Crippen molar-refractivity contribution >= 4 is 5.97 Å². The molecule has 0 spiro atoms. The van der Waals surface area contributed by atoms with Crippen LogP contribution >= 0.6 is 0 Å². The molecule has 0 aliphatic heterocycles. The van der Waals surface area contributed by atoms with Crippen LogP contribution in [0, 0.1) is 6.92 Å². The first kappa shape index (κ1) is 12.2. The molecular formula is C13H13N3O2. The molecule has 0 aliphatic carbocycles. The molecule has 0 radical (unpaired) electrons. The van der Waals surface area contributed by atoms with Gasteiger partial charge in [0.2, 0.25) is 0 Å². The highest BCUT2D eigenvalue weighted by Crippen LogP contribution is 2.18.